The summed E-state index contributed by atoms with van der Waals surface area (Å²) in [5.41, 5.74) is 6.08. The van der Waals surface area contributed by atoms with Gasteiger partial charge in [0.15, 0.2) is 0 Å². The molecule has 0 aromatic carbocycles. The first-order valence-electron chi connectivity index (χ1n) is 9.82. The molecule has 0 spiro atoms. The lowest BCUT2D eigenvalue weighted by molar-refractivity contribution is -0.157. The summed E-state index contributed by atoms with van der Waals surface area (Å²) in [5, 5.41) is 8.23. The molecule has 0 aliphatic heterocycles. The number of anilines is 1. The summed E-state index contributed by atoms with van der Waals surface area (Å²) < 4.78 is 41.8. The fraction of sp³-hybridized carbons (Fsp3) is 0.778. The van der Waals surface area contributed by atoms with Crippen molar-refractivity contribution in [2.75, 3.05) is 18.9 Å². The molecule has 164 valence electrons. The Morgan fingerprint density at radius 1 is 1.31 bits per heavy atom. The average molecular weight is 419 g/mol. The molecule has 1 aromatic heterocycles. The molecular weight excluding hydrogens is 391 g/mol. The van der Waals surface area contributed by atoms with Crippen LogP contribution >= 0.6 is 0 Å². The minimum Gasteiger partial charge on any atom is -0.399 e. The zero-order valence-corrected chi connectivity index (χ0v) is 16.7. The van der Waals surface area contributed by atoms with Crippen molar-refractivity contribution in [3.8, 4) is 0 Å². The van der Waals surface area contributed by atoms with Crippen molar-refractivity contribution in [3.63, 3.8) is 0 Å². The van der Waals surface area contributed by atoms with Crippen molar-refractivity contribution in [2.24, 2.45) is 17.6 Å². The number of carbonyl (C=O) groups is 2. The maximum atomic E-state index is 12.6. The molecule has 3 N–H and O–H groups in total. The number of hydrogen-bond acceptors (Lipinski definition) is 6. The minimum atomic E-state index is -4.76. The molecule has 1 aromatic rings. The molecule has 2 amide bonds. The van der Waals surface area contributed by atoms with Gasteiger partial charge in [0.05, 0.1) is 5.92 Å². The fourth-order valence-corrected chi connectivity index (χ4v) is 3.51. The Bertz CT molecular complexity index is 695. The highest BCUT2D eigenvalue weighted by atomic mass is 19.4. The number of rotatable bonds is 8. The van der Waals surface area contributed by atoms with Crippen LogP contribution in [0.2, 0.25) is 0 Å². The van der Waals surface area contributed by atoms with E-state index in [2.05, 4.69) is 19.9 Å². The van der Waals surface area contributed by atoms with Crippen molar-refractivity contribution >= 4 is 17.8 Å². The van der Waals surface area contributed by atoms with E-state index >= 15 is 0 Å². The molecule has 8 nitrogen and oxygen atoms in total. The maximum Gasteiger partial charge on any atom is 0.470 e. The number of nitrogens with zero attached hydrogens (tertiary/aromatic N) is 3. The van der Waals surface area contributed by atoms with E-state index in [4.69, 9.17) is 5.73 Å². The summed E-state index contributed by atoms with van der Waals surface area (Å²) in [6.45, 7) is 2.39. The molecule has 1 aliphatic rings. The monoisotopic (exact) mass is 419 g/mol. The molecule has 1 heterocycles. The van der Waals surface area contributed by atoms with Gasteiger partial charge in [-0.3, -0.25) is 14.9 Å². The number of nitrogens with one attached hydrogen (secondary N) is 1. The first-order valence-corrected chi connectivity index (χ1v) is 9.82. The van der Waals surface area contributed by atoms with Crippen molar-refractivity contribution in [2.45, 2.75) is 64.1 Å². The topological polar surface area (TPSA) is 114 Å². The van der Waals surface area contributed by atoms with Crippen LogP contribution in [-0.2, 0) is 15.8 Å². The van der Waals surface area contributed by atoms with Crippen LogP contribution in [0.1, 0.15) is 57.8 Å². The van der Waals surface area contributed by atoms with Crippen molar-refractivity contribution in [1.82, 2.24) is 15.1 Å². The van der Waals surface area contributed by atoms with Gasteiger partial charge >= 0.3 is 18.1 Å². The fourth-order valence-electron chi connectivity index (χ4n) is 3.51. The second kappa shape index (κ2) is 10.0. The molecule has 0 saturated heterocycles. The third kappa shape index (κ3) is 6.69. The van der Waals surface area contributed by atoms with E-state index < -0.39 is 24.0 Å². The van der Waals surface area contributed by atoms with Crippen LogP contribution < -0.4 is 11.1 Å². The van der Waals surface area contributed by atoms with E-state index in [0.29, 0.717) is 19.4 Å². The van der Waals surface area contributed by atoms with Crippen molar-refractivity contribution < 1.29 is 27.2 Å². The molecule has 11 heteroatoms. The van der Waals surface area contributed by atoms with Crippen LogP contribution in [0.4, 0.5) is 19.2 Å². The van der Waals surface area contributed by atoms with E-state index in [-0.39, 0.29) is 30.2 Å². The Kier molecular flexibility index (Phi) is 8.00. The highest BCUT2D eigenvalue weighted by molar-refractivity contribution is 5.88. The molecule has 0 bridgehead atoms. The lowest BCUT2D eigenvalue weighted by Gasteiger charge is -2.31. The van der Waals surface area contributed by atoms with Gasteiger partial charge in [0.25, 0.3) is 0 Å². The van der Waals surface area contributed by atoms with Gasteiger partial charge < -0.3 is 15.1 Å². The first kappa shape index (κ1) is 23.1. The number of halogens is 3. The smallest absolute Gasteiger partial charge is 0.399 e. The molecular formula is C18H28F3N5O3. The van der Waals surface area contributed by atoms with E-state index in [1.807, 2.05) is 6.92 Å². The maximum absolute atomic E-state index is 12.6. The van der Waals surface area contributed by atoms with Crippen LogP contribution in [-0.4, -0.2) is 46.5 Å². The molecule has 1 fully saturated rings. The van der Waals surface area contributed by atoms with Crippen LogP contribution in [0.3, 0.4) is 0 Å². The van der Waals surface area contributed by atoms with E-state index in [0.717, 1.165) is 25.7 Å². The zero-order chi connectivity index (χ0) is 21.6. The molecule has 1 aliphatic carbocycles. The van der Waals surface area contributed by atoms with Crippen LogP contribution in [0.25, 0.3) is 0 Å². The SMILES string of the molecule is CCC(CCN(C)C(=O)C1CCCCC1N)CC(=O)Nc1nnc(C(F)(F)F)o1. The van der Waals surface area contributed by atoms with Gasteiger partial charge in [0.1, 0.15) is 0 Å². The number of amides is 2. The number of hydrogen-bond donors (Lipinski definition) is 2. The second-order valence-electron chi connectivity index (χ2n) is 7.54. The molecule has 2 rings (SSSR count). The third-order valence-electron chi connectivity index (χ3n) is 5.35. The summed E-state index contributed by atoms with van der Waals surface area (Å²) in [5.74, 6) is -2.20. The van der Waals surface area contributed by atoms with Gasteiger partial charge in [-0.25, -0.2) is 0 Å². The average Bonchev–Trinajstić information content (AvgIpc) is 3.13. The van der Waals surface area contributed by atoms with E-state index in [1.54, 1.807) is 11.9 Å². The Labute approximate surface area is 167 Å². The standard InChI is InChI=1S/C18H28F3N5O3/c1-3-11(8-9-26(2)15(28)12-6-4-5-7-13(12)22)10-14(27)23-17-25-24-16(29-17)18(19,20)21/h11-13H,3-10,22H2,1-2H3,(H,23,25,27). The Morgan fingerprint density at radius 2 is 2.00 bits per heavy atom. The first-order chi connectivity index (χ1) is 13.6. The van der Waals surface area contributed by atoms with Gasteiger partial charge in [0, 0.05) is 26.1 Å². The Hall–Kier alpha value is -2.17. The van der Waals surface area contributed by atoms with Crippen LogP contribution in [0.5, 0.6) is 0 Å². The largest absolute Gasteiger partial charge is 0.470 e. The summed E-state index contributed by atoms with van der Waals surface area (Å²) in [6.07, 6.45) is 0.280. The number of aromatic nitrogens is 2. The summed E-state index contributed by atoms with van der Waals surface area (Å²) in [4.78, 5) is 26.4. The quantitative estimate of drug-likeness (QED) is 0.670. The zero-order valence-electron chi connectivity index (χ0n) is 16.7. The Morgan fingerprint density at radius 3 is 2.59 bits per heavy atom. The number of nitrogens with two attached hydrogens (primary N) is 1. The van der Waals surface area contributed by atoms with E-state index in [9.17, 15) is 22.8 Å². The lowest BCUT2D eigenvalue weighted by Crippen LogP contribution is -2.44. The van der Waals surface area contributed by atoms with Crippen molar-refractivity contribution in [3.05, 3.63) is 5.89 Å². The van der Waals surface area contributed by atoms with Crippen molar-refractivity contribution in [1.29, 1.82) is 0 Å². The Balaban J connectivity index is 1.81. The molecule has 3 unspecified atom stereocenters. The van der Waals surface area contributed by atoms with Gasteiger partial charge in [-0.1, -0.05) is 31.3 Å². The highest BCUT2D eigenvalue weighted by Crippen LogP contribution is 2.29. The van der Waals surface area contributed by atoms with Crippen LogP contribution in [0, 0.1) is 11.8 Å². The van der Waals surface area contributed by atoms with E-state index in [1.165, 1.54) is 0 Å². The molecule has 1 saturated carbocycles. The number of alkyl halides is 3. The lowest BCUT2D eigenvalue weighted by atomic mass is 9.84. The summed E-state index contributed by atoms with van der Waals surface area (Å²) in [6, 6.07) is -0.696. The summed E-state index contributed by atoms with van der Waals surface area (Å²) >= 11 is 0. The van der Waals surface area contributed by atoms with Crippen LogP contribution in [0.15, 0.2) is 4.42 Å². The normalized spacial score (nSPS) is 20.9. The molecule has 29 heavy (non-hydrogen) atoms. The van der Waals surface area contributed by atoms with Gasteiger partial charge in [0.2, 0.25) is 11.8 Å². The molecule has 3 atom stereocenters. The minimum absolute atomic E-state index is 0.0297. The van der Waals surface area contributed by atoms with Gasteiger partial charge in [-0.15, -0.1) is 5.10 Å². The third-order valence-corrected chi connectivity index (χ3v) is 5.35. The molecule has 0 radical (unpaired) electrons. The predicted octanol–water partition coefficient (Wildman–Crippen LogP) is 2.81. The highest BCUT2D eigenvalue weighted by Gasteiger charge is 2.38. The second-order valence-corrected chi connectivity index (χ2v) is 7.54. The van der Waals surface area contributed by atoms with Gasteiger partial charge in [-0.2, -0.15) is 13.2 Å². The predicted molar refractivity (Wildman–Crippen MR) is 98.5 cm³/mol. The number of carbonyl (C=O) groups excluding carboxylic acids is 2. The summed E-state index contributed by atoms with van der Waals surface area (Å²) in [7, 11) is 1.73. The van der Waals surface area contributed by atoms with Gasteiger partial charge in [-0.05, 0) is 25.2 Å².